The van der Waals surface area contributed by atoms with Gasteiger partial charge in [-0.1, -0.05) is 19.9 Å². The average Bonchev–Trinajstić information content (AvgIpc) is 2.14. The van der Waals surface area contributed by atoms with Crippen molar-refractivity contribution in [2.24, 2.45) is 0 Å². The van der Waals surface area contributed by atoms with Crippen molar-refractivity contribution >= 4 is 0 Å². The largest absolute Gasteiger partial charge is 0.309 e. The van der Waals surface area contributed by atoms with Gasteiger partial charge in [0.05, 0.1) is 5.69 Å². The third-order valence-electron chi connectivity index (χ3n) is 2.13. The second-order valence-electron chi connectivity index (χ2n) is 3.22. The number of hydrogen-bond acceptors (Lipinski definition) is 2. The van der Waals surface area contributed by atoms with E-state index in [-0.39, 0.29) is 0 Å². The zero-order chi connectivity index (χ0) is 9.68. The minimum atomic E-state index is 0.407. The van der Waals surface area contributed by atoms with Crippen LogP contribution in [0.1, 0.15) is 37.7 Å². The molecule has 1 aromatic rings. The summed E-state index contributed by atoms with van der Waals surface area (Å²) in [6.07, 6.45) is 1.09. The molecule has 1 rings (SSSR count). The number of aromatic nitrogens is 1. The van der Waals surface area contributed by atoms with Crippen LogP contribution in [0.2, 0.25) is 0 Å². The van der Waals surface area contributed by atoms with Crippen LogP contribution in [0.5, 0.6) is 0 Å². The first-order valence-electron chi connectivity index (χ1n) is 4.94. The molecular formula is C11H18N2. The molecule has 0 saturated carbocycles. The predicted molar refractivity (Wildman–Crippen MR) is 55.7 cm³/mol. The Morgan fingerprint density at radius 3 is 2.69 bits per heavy atom. The van der Waals surface area contributed by atoms with E-state index in [4.69, 9.17) is 0 Å². The molecule has 1 N–H and O–H groups in total. The summed E-state index contributed by atoms with van der Waals surface area (Å²) in [5.41, 5.74) is 2.25. The molecule has 2 heteroatoms. The van der Waals surface area contributed by atoms with Gasteiger partial charge in [-0.25, -0.2) is 0 Å². The van der Waals surface area contributed by atoms with E-state index in [1.54, 1.807) is 0 Å². The Hall–Kier alpha value is -0.890. The van der Waals surface area contributed by atoms with E-state index >= 15 is 0 Å². The lowest BCUT2D eigenvalue weighted by atomic mass is 10.1. The number of hydrogen-bond donors (Lipinski definition) is 1. The highest BCUT2D eigenvalue weighted by atomic mass is 14.9. The van der Waals surface area contributed by atoms with Gasteiger partial charge >= 0.3 is 0 Å². The van der Waals surface area contributed by atoms with Gasteiger partial charge in [0, 0.05) is 11.7 Å². The maximum atomic E-state index is 4.50. The van der Waals surface area contributed by atoms with E-state index in [1.807, 2.05) is 13.0 Å². The van der Waals surface area contributed by atoms with E-state index < -0.39 is 0 Å². The molecule has 13 heavy (non-hydrogen) atoms. The Labute approximate surface area is 80.4 Å². The summed E-state index contributed by atoms with van der Waals surface area (Å²) >= 11 is 0. The molecule has 2 nitrogen and oxygen atoms in total. The molecule has 0 radical (unpaired) electrons. The van der Waals surface area contributed by atoms with Crippen LogP contribution in [0.25, 0.3) is 0 Å². The molecule has 0 aliphatic rings. The molecule has 0 fully saturated rings. The van der Waals surface area contributed by atoms with E-state index in [0.29, 0.717) is 6.04 Å². The Morgan fingerprint density at radius 1 is 1.38 bits per heavy atom. The van der Waals surface area contributed by atoms with Crippen LogP contribution in [0.4, 0.5) is 0 Å². The number of rotatable bonds is 4. The first kappa shape index (κ1) is 10.2. The van der Waals surface area contributed by atoms with Gasteiger partial charge in [-0.2, -0.15) is 0 Å². The first-order valence-corrected chi connectivity index (χ1v) is 4.94. The normalized spacial score (nSPS) is 12.8. The number of pyridine rings is 1. The van der Waals surface area contributed by atoms with E-state index in [0.717, 1.165) is 24.4 Å². The lowest BCUT2D eigenvalue weighted by Gasteiger charge is -2.15. The number of aryl methyl sites for hydroxylation is 1. The van der Waals surface area contributed by atoms with Gasteiger partial charge in [-0.15, -0.1) is 0 Å². The van der Waals surface area contributed by atoms with Crippen molar-refractivity contribution in [2.45, 2.75) is 33.2 Å². The summed E-state index contributed by atoms with van der Waals surface area (Å²) in [6, 6.07) is 6.59. The van der Waals surface area contributed by atoms with Gasteiger partial charge in [0.25, 0.3) is 0 Å². The topological polar surface area (TPSA) is 24.9 Å². The maximum absolute atomic E-state index is 4.50. The fraction of sp³-hybridized carbons (Fsp3) is 0.545. The third-order valence-corrected chi connectivity index (χ3v) is 2.13. The molecule has 1 unspecified atom stereocenters. The minimum absolute atomic E-state index is 0.407. The number of nitrogens with zero attached hydrogens (tertiary/aromatic N) is 1. The lowest BCUT2D eigenvalue weighted by Crippen LogP contribution is -2.21. The standard InChI is InChI=1S/C11H18N2/c1-4-10(12-5-2)11-8-6-7-9(3)13-11/h6-8,10,12H,4-5H2,1-3H3. The maximum Gasteiger partial charge on any atom is 0.0576 e. The third kappa shape index (κ3) is 2.81. The second-order valence-corrected chi connectivity index (χ2v) is 3.22. The molecule has 1 aromatic heterocycles. The minimum Gasteiger partial charge on any atom is -0.309 e. The lowest BCUT2D eigenvalue weighted by molar-refractivity contribution is 0.524. The quantitative estimate of drug-likeness (QED) is 0.766. The van der Waals surface area contributed by atoms with Crippen LogP contribution < -0.4 is 5.32 Å². The van der Waals surface area contributed by atoms with Gasteiger partial charge in [0.2, 0.25) is 0 Å². The molecule has 0 spiro atoms. The smallest absolute Gasteiger partial charge is 0.0576 e. The monoisotopic (exact) mass is 178 g/mol. The van der Waals surface area contributed by atoms with Crippen LogP contribution >= 0.6 is 0 Å². The summed E-state index contributed by atoms with van der Waals surface area (Å²) in [7, 11) is 0. The van der Waals surface area contributed by atoms with E-state index in [9.17, 15) is 0 Å². The highest BCUT2D eigenvalue weighted by Gasteiger charge is 2.07. The van der Waals surface area contributed by atoms with Crippen molar-refractivity contribution in [1.82, 2.24) is 10.3 Å². The van der Waals surface area contributed by atoms with Crippen molar-refractivity contribution in [3.8, 4) is 0 Å². The Balaban J connectivity index is 2.78. The summed E-state index contributed by atoms with van der Waals surface area (Å²) in [6.45, 7) is 7.33. The highest BCUT2D eigenvalue weighted by Crippen LogP contribution is 2.13. The Bertz CT molecular complexity index is 258. The van der Waals surface area contributed by atoms with Gasteiger partial charge in [-0.3, -0.25) is 4.98 Å². The molecule has 0 saturated heterocycles. The molecule has 1 atom stereocenters. The van der Waals surface area contributed by atoms with Crippen molar-refractivity contribution in [3.05, 3.63) is 29.6 Å². The SMILES string of the molecule is CCNC(CC)c1cccc(C)n1. The second kappa shape index (κ2) is 4.97. The van der Waals surface area contributed by atoms with E-state index in [2.05, 4.69) is 36.3 Å². The van der Waals surface area contributed by atoms with Gasteiger partial charge in [0.1, 0.15) is 0 Å². The molecule has 0 aliphatic heterocycles. The number of nitrogens with one attached hydrogen (secondary N) is 1. The summed E-state index contributed by atoms with van der Waals surface area (Å²) in [5, 5.41) is 3.41. The van der Waals surface area contributed by atoms with Crippen molar-refractivity contribution in [3.63, 3.8) is 0 Å². The zero-order valence-electron chi connectivity index (χ0n) is 8.67. The molecule has 0 amide bonds. The van der Waals surface area contributed by atoms with Gasteiger partial charge < -0.3 is 5.32 Å². The Morgan fingerprint density at radius 2 is 2.15 bits per heavy atom. The van der Waals surface area contributed by atoms with Crippen LogP contribution in [0.15, 0.2) is 18.2 Å². The van der Waals surface area contributed by atoms with Crippen molar-refractivity contribution < 1.29 is 0 Å². The summed E-state index contributed by atoms with van der Waals surface area (Å²) < 4.78 is 0. The summed E-state index contributed by atoms with van der Waals surface area (Å²) in [5.74, 6) is 0. The van der Waals surface area contributed by atoms with Crippen LogP contribution in [0, 0.1) is 6.92 Å². The average molecular weight is 178 g/mol. The summed E-state index contributed by atoms with van der Waals surface area (Å²) in [4.78, 5) is 4.50. The predicted octanol–water partition coefficient (Wildman–Crippen LogP) is 2.45. The fourth-order valence-corrected chi connectivity index (χ4v) is 1.46. The van der Waals surface area contributed by atoms with Gasteiger partial charge in [0.15, 0.2) is 0 Å². The molecule has 1 heterocycles. The van der Waals surface area contributed by atoms with Crippen molar-refractivity contribution in [2.75, 3.05) is 6.54 Å². The Kier molecular flexibility index (Phi) is 3.90. The molecule has 0 bridgehead atoms. The van der Waals surface area contributed by atoms with Crippen LogP contribution in [-0.4, -0.2) is 11.5 Å². The fourth-order valence-electron chi connectivity index (χ4n) is 1.46. The van der Waals surface area contributed by atoms with Crippen LogP contribution in [-0.2, 0) is 0 Å². The van der Waals surface area contributed by atoms with Gasteiger partial charge in [-0.05, 0) is 32.0 Å². The molecule has 0 aromatic carbocycles. The highest BCUT2D eigenvalue weighted by molar-refractivity contribution is 5.13. The first-order chi connectivity index (χ1) is 6.27. The van der Waals surface area contributed by atoms with Crippen molar-refractivity contribution in [1.29, 1.82) is 0 Å². The van der Waals surface area contributed by atoms with Crippen LogP contribution in [0.3, 0.4) is 0 Å². The molecular weight excluding hydrogens is 160 g/mol. The zero-order valence-corrected chi connectivity index (χ0v) is 8.67. The molecule has 0 aliphatic carbocycles. The van der Waals surface area contributed by atoms with E-state index in [1.165, 1.54) is 0 Å². The molecule has 72 valence electrons.